The van der Waals surface area contributed by atoms with Gasteiger partial charge in [0.1, 0.15) is 0 Å². The summed E-state index contributed by atoms with van der Waals surface area (Å²) in [5.41, 5.74) is 8.33. The lowest BCUT2D eigenvalue weighted by Crippen LogP contribution is -2.17. The van der Waals surface area contributed by atoms with Crippen LogP contribution in [0.3, 0.4) is 0 Å². The van der Waals surface area contributed by atoms with Gasteiger partial charge in [-0.1, -0.05) is 24.3 Å². The number of aromatic nitrogens is 3. The zero-order chi connectivity index (χ0) is 13.0. The molecule has 2 rings (SSSR count). The lowest BCUT2D eigenvalue weighted by atomic mass is 10.1. The van der Waals surface area contributed by atoms with Crippen molar-refractivity contribution < 1.29 is 0 Å². The van der Waals surface area contributed by atoms with Crippen molar-refractivity contribution >= 4 is 11.8 Å². The molecule has 96 valence electrons. The summed E-state index contributed by atoms with van der Waals surface area (Å²) < 4.78 is 1.88. The van der Waals surface area contributed by atoms with Gasteiger partial charge in [0.15, 0.2) is 0 Å². The van der Waals surface area contributed by atoms with Crippen LogP contribution in [0.5, 0.6) is 0 Å². The first kappa shape index (κ1) is 13.1. The quantitative estimate of drug-likeness (QED) is 0.841. The number of rotatable bonds is 5. The molecule has 4 nitrogen and oxygen atoms in total. The van der Waals surface area contributed by atoms with E-state index in [2.05, 4.69) is 47.8 Å². The molecule has 0 aliphatic heterocycles. The smallest absolute Gasteiger partial charge is 0.0799 e. The van der Waals surface area contributed by atoms with Gasteiger partial charge in [-0.2, -0.15) is 0 Å². The van der Waals surface area contributed by atoms with Crippen molar-refractivity contribution in [2.75, 3.05) is 6.26 Å². The Hall–Kier alpha value is -1.33. The number of hydrogen-bond acceptors (Lipinski definition) is 4. The fraction of sp³-hybridized carbons (Fsp3) is 0.385. The fourth-order valence-corrected chi connectivity index (χ4v) is 2.28. The third kappa shape index (κ3) is 2.73. The van der Waals surface area contributed by atoms with E-state index in [1.807, 2.05) is 4.68 Å². The summed E-state index contributed by atoms with van der Waals surface area (Å²) >= 11 is 1.73. The van der Waals surface area contributed by atoms with Crippen LogP contribution in [0.4, 0.5) is 0 Å². The summed E-state index contributed by atoms with van der Waals surface area (Å²) in [6.07, 6.45) is 4.84. The van der Waals surface area contributed by atoms with Crippen LogP contribution in [0.2, 0.25) is 0 Å². The SMILES string of the molecule is CCCn1nncc1C(N)c1ccc(SC)cc1. The lowest BCUT2D eigenvalue weighted by Gasteiger charge is -2.13. The van der Waals surface area contributed by atoms with Gasteiger partial charge in [-0.05, 0) is 30.4 Å². The Morgan fingerprint density at radius 1 is 1.33 bits per heavy atom. The molecule has 1 heterocycles. The Labute approximate surface area is 112 Å². The Bertz CT molecular complexity index is 492. The molecular formula is C13H18N4S. The molecule has 1 aromatic heterocycles. The van der Waals surface area contributed by atoms with E-state index in [-0.39, 0.29) is 6.04 Å². The van der Waals surface area contributed by atoms with E-state index in [0.717, 1.165) is 24.2 Å². The third-order valence-corrected chi connectivity index (χ3v) is 3.62. The van der Waals surface area contributed by atoms with Crippen LogP contribution < -0.4 is 5.73 Å². The summed E-state index contributed by atoms with van der Waals surface area (Å²) in [6, 6.07) is 8.16. The van der Waals surface area contributed by atoms with Crippen LogP contribution in [0.1, 0.15) is 30.6 Å². The number of nitrogens with two attached hydrogens (primary N) is 1. The van der Waals surface area contributed by atoms with Crippen LogP contribution in [0.15, 0.2) is 35.4 Å². The van der Waals surface area contributed by atoms with E-state index in [4.69, 9.17) is 5.73 Å². The van der Waals surface area contributed by atoms with E-state index in [1.165, 1.54) is 4.90 Å². The maximum atomic E-state index is 6.28. The summed E-state index contributed by atoms with van der Waals surface area (Å²) in [5, 5.41) is 8.02. The van der Waals surface area contributed by atoms with Gasteiger partial charge in [0.2, 0.25) is 0 Å². The molecule has 0 radical (unpaired) electrons. The maximum absolute atomic E-state index is 6.28. The van der Waals surface area contributed by atoms with Gasteiger partial charge in [0.25, 0.3) is 0 Å². The Balaban J connectivity index is 2.23. The molecule has 1 aromatic carbocycles. The predicted molar refractivity (Wildman–Crippen MR) is 74.6 cm³/mol. The average molecular weight is 262 g/mol. The second-order valence-electron chi connectivity index (χ2n) is 4.13. The minimum Gasteiger partial charge on any atom is -0.319 e. The standard InChI is InChI=1S/C13H18N4S/c1-3-8-17-12(9-15-16-17)13(14)10-4-6-11(18-2)7-5-10/h4-7,9,13H,3,8,14H2,1-2H3. The van der Waals surface area contributed by atoms with Crippen molar-refractivity contribution in [2.45, 2.75) is 30.8 Å². The van der Waals surface area contributed by atoms with Crippen molar-refractivity contribution in [3.63, 3.8) is 0 Å². The zero-order valence-corrected chi connectivity index (χ0v) is 11.5. The summed E-state index contributed by atoms with van der Waals surface area (Å²) in [5.74, 6) is 0. The Kier molecular flexibility index (Phi) is 4.38. The number of aryl methyl sites for hydroxylation is 1. The van der Waals surface area contributed by atoms with Gasteiger partial charge in [-0.25, -0.2) is 4.68 Å². The second kappa shape index (κ2) is 6.02. The van der Waals surface area contributed by atoms with Gasteiger partial charge in [-0.15, -0.1) is 16.9 Å². The first-order valence-corrected chi connectivity index (χ1v) is 7.26. The van der Waals surface area contributed by atoms with E-state index in [1.54, 1.807) is 18.0 Å². The van der Waals surface area contributed by atoms with E-state index in [0.29, 0.717) is 0 Å². The molecule has 5 heteroatoms. The minimum absolute atomic E-state index is 0.164. The molecule has 0 amide bonds. The molecule has 0 aliphatic carbocycles. The van der Waals surface area contributed by atoms with Crippen molar-refractivity contribution in [3.05, 3.63) is 41.7 Å². The highest BCUT2D eigenvalue weighted by molar-refractivity contribution is 7.98. The van der Waals surface area contributed by atoms with Crippen LogP contribution in [0, 0.1) is 0 Å². The third-order valence-electron chi connectivity index (χ3n) is 2.88. The first-order chi connectivity index (χ1) is 8.76. The van der Waals surface area contributed by atoms with Crippen molar-refractivity contribution in [1.29, 1.82) is 0 Å². The molecule has 0 fully saturated rings. The van der Waals surface area contributed by atoms with Gasteiger partial charge >= 0.3 is 0 Å². The monoisotopic (exact) mass is 262 g/mol. The van der Waals surface area contributed by atoms with Crippen LogP contribution in [-0.4, -0.2) is 21.2 Å². The van der Waals surface area contributed by atoms with Crippen molar-refractivity contribution in [2.24, 2.45) is 5.73 Å². The fourth-order valence-electron chi connectivity index (χ4n) is 1.87. The zero-order valence-electron chi connectivity index (χ0n) is 10.7. The number of hydrogen-bond donors (Lipinski definition) is 1. The molecule has 2 N–H and O–H groups in total. The highest BCUT2D eigenvalue weighted by Gasteiger charge is 2.14. The van der Waals surface area contributed by atoms with E-state index < -0.39 is 0 Å². The van der Waals surface area contributed by atoms with Crippen molar-refractivity contribution in [1.82, 2.24) is 15.0 Å². The van der Waals surface area contributed by atoms with E-state index in [9.17, 15) is 0 Å². The number of benzene rings is 1. The molecule has 2 aromatic rings. The Morgan fingerprint density at radius 2 is 2.06 bits per heavy atom. The molecule has 0 bridgehead atoms. The molecule has 0 spiro atoms. The predicted octanol–water partition coefficient (Wildman–Crippen LogP) is 2.46. The van der Waals surface area contributed by atoms with Crippen LogP contribution in [0.25, 0.3) is 0 Å². The maximum Gasteiger partial charge on any atom is 0.0799 e. The van der Waals surface area contributed by atoms with E-state index >= 15 is 0 Å². The molecule has 0 saturated heterocycles. The molecule has 0 aliphatic rings. The average Bonchev–Trinajstić information content (AvgIpc) is 2.87. The van der Waals surface area contributed by atoms with Gasteiger partial charge < -0.3 is 5.73 Å². The molecule has 1 unspecified atom stereocenters. The lowest BCUT2D eigenvalue weighted by molar-refractivity contribution is 0.543. The topological polar surface area (TPSA) is 56.7 Å². The second-order valence-corrected chi connectivity index (χ2v) is 5.01. The molecular weight excluding hydrogens is 244 g/mol. The molecule has 1 atom stereocenters. The largest absolute Gasteiger partial charge is 0.319 e. The van der Waals surface area contributed by atoms with Gasteiger partial charge in [-0.3, -0.25) is 0 Å². The Morgan fingerprint density at radius 3 is 2.67 bits per heavy atom. The summed E-state index contributed by atoms with van der Waals surface area (Å²) in [7, 11) is 0. The highest BCUT2D eigenvalue weighted by atomic mass is 32.2. The van der Waals surface area contributed by atoms with Crippen LogP contribution >= 0.6 is 11.8 Å². The summed E-state index contributed by atoms with van der Waals surface area (Å²) in [6.45, 7) is 2.97. The molecule has 0 saturated carbocycles. The first-order valence-electron chi connectivity index (χ1n) is 6.04. The number of thioether (sulfide) groups is 1. The number of nitrogens with zero attached hydrogens (tertiary/aromatic N) is 3. The van der Waals surface area contributed by atoms with Crippen molar-refractivity contribution in [3.8, 4) is 0 Å². The van der Waals surface area contributed by atoms with Gasteiger partial charge in [0, 0.05) is 11.4 Å². The minimum atomic E-state index is -0.164. The van der Waals surface area contributed by atoms with Gasteiger partial charge in [0.05, 0.1) is 17.9 Å². The highest BCUT2D eigenvalue weighted by Crippen LogP contribution is 2.22. The van der Waals surface area contributed by atoms with Crippen LogP contribution in [-0.2, 0) is 6.54 Å². The molecule has 18 heavy (non-hydrogen) atoms. The summed E-state index contributed by atoms with van der Waals surface area (Å²) in [4.78, 5) is 1.24. The normalized spacial score (nSPS) is 12.6.